The minimum atomic E-state index is -0.787. The fourth-order valence-corrected chi connectivity index (χ4v) is 2.94. The number of aromatic nitrogens is 1. The normalized spacial score (nSPS) is 15.6. The monoisotopic (exact) mass is 397 g/mol. The summed E-state index contributed by atoms with van der Waals surface area (Å²) in [5.41, 5.74) is 3.72. The number of nitrogens with zero attached hydrogens (tertiary/aromatic N) is 2. The van der Waals surface area contributed by atoms with E-state index in [9.17, 15) is 4.79 Å². The lowest BCUT2D eigenvalue weighted by Crippen LogP contribution is -2.42. The third-order valence-electron chi connectivity index (χ3n) is 4.18. The number of fused-ring (bicyclic) bond motifs is 2. The van der Waals surface area contributed by atoms with Gasteiger partial charge in [-0.3, -0.25) is 4.79 Å². The van der Waals surface area contributed by atoms with E-state index >= 15 is 0 Å². The van der Waals surface area contributed by atoms with Crippen molar-refractivity contribution < 1.29 is 19.0 Å². The number of benzene rings is 2. The zero-order valence-corrected chi connectivity index (χ0v) is 15.6. The molecular weight excluding hydrogens is 382 g/mol. The van der Waals surface area contributed by atoms with E-state index in [0.29, 0.717) is 28.3 Å². The molecule has 1 aromatic heterocycles. The Labute approximate surface area is 165 Å². The van der Waals surface area contributed by atoms with Crippen molar-refractivity contribution >= 4 is 34.6 Å². The van der Waals surface area contributed by atoms with Gasteiger partial charge in [-0.25, -0.2) is 10.4 Å². The molecule has 1 aliphatic rings. The van der Waals surface area contributed by atoms with E-state index in [1.54, 1.807) is 25.3 Å². The second-order valence-corrected chi connectivity index (χ2v) is 6.38. The van der Waals surface area contributed by atoms with Gasteiger partial charge in [-0.05, 0) is 30.3 Å². The fraction of sp³-hybridized carbons (Fsp3) is 0.150. The zero-order valence-electron chi connectivity index (χ0n) is 14.9. The zero-order chi connectivity index (χ0) is 19.5. The van der Waals surface area contributed by atoms with Crippen molar-refractivity contribution in [2.24, 2.45) is 5.10 Å². The van der Waals surface area contributed by atoms with Crippen molar-refractivity contribution in [2.45, 2.75) is 6.10 Å². The standard InChI is InChI=1S/C20H16ClN3O4/c1-26-14-7-6-12-8-13(19(21)23-15(12)9-14)10-22-24-20(25)18-11-27-16-4-2-3-5-17(16)28-18/h2-10,18H,11H2,1H3,(H,24,25). The third kappa shape index (κ3) is 3.70. The maximum absolute atomic E-state index is 12.3. The van der Waals surface area contributed by atoms with Crippen LogP contribution in [0.25, 0.3) is 10.9 Å². The van der Waals surface area contributed by atoms with Crippen LogP contribution in [-0.2, 0) is 4.79 Å². The first-order chi connectivity index (χ1) is 13.6. The highest BCUT2D eigenvalue weighted by molar-refractivity contribution is 6.32. The molecule has 8 heteroatoms. The Morgan fingerprint density at radius 1 is 1.29 bits per heavy atom. The van der Waals surface area contributed by atoms with Crippen LogP contribution in [0.15, 0.2) is 53.6 Å². The number of carbonyl (C=O) groups excluding carboxylic acids is 1. The minimum absolute atomic E-state index is 0.110. The Kier molecular flexibility index (Phi) is 4.99. The highest BCUT2D eigenvalue weighted by atomic mass is 35.5. The van der Waals surface area contributed by atoms with Gasteiger partial charge in [0.15, 0.2) is 11.5 Å². The number of ether oxygens (including phenoxy) is 3. The summed E-state index contributed by atoms with van der Waals surface area (Å²) >= 11 is 6.22. The van der Waals surface area contributed by atoms with Gasteiger partial charge in [-0.15, -0.1) is 0 Å². The molecule has 0 fully saturated rings. The van der Waals surface area contributed by atoms with Crippen molar-refractivity contribution in [1.82, 2.24) is 10.4 Å². The van der Waals surface area contributed by atoms with Gasteiger partial charge in [0, 0.05) is 17.0 Å². The van der Waals surface area contributed by atoms with Crippen LogP contribution < -0.4 is 19.6 Å². The average molecular weight is 398 g/mol. The van der Waals surface area contributed by atoms with E-state index in [-0.39, 0.29) is 11.8 Å². The molecule has 0 saturated carbocycles. The molecule has 0 aliphatic carbocycles. The number of halogens is 1. The minimum Gasteiger partial charge on any atom is -0.497 e. The number of hydrogen-bond donors (Lipinski definition) is 1. The number of pyridine rings is 1. The SMILES string of the molecule is COc1ccc2cc(C=NNC(=O)C3COc4ccccc4O3)c(Cl)nc2c1. The summed E-state index contributed by atoms with van der Waals surface area (Å²) in [5, 5.41) is 5.11. The Balaban J connectivity index is 1.44. The molecule has 2 aromatic carbocycles. The maximum atomic E-state index is 12.3. The Morgan fingerprint density at radius 2 is 2.11 bits per heavy atom. The average Bonchev–Trinajstić information content (AvgIpc) is 2.73. The van der Waals surface area contributed by atoms with Crippen LogP contribution in [-0.4, -0.2) is 36.9 Å². The van der Waals surface area contributed by atoms with E-state index in [0.717, 1.165) is 5.39 Å². The van der Waals surface area contributed by atoms with E-state index in [1.807, 2.05) is 30.3 Å². The molecule has 28 heavy (non-hydrogen) atoms. The molecule has 1 amide bonds. The lowest BCUT2D eigenvalue weighted by Gasteiger charge is -2.24. The van der Waals surface area contributed by atoms with E-state index in [4.69, 9.17) is 25.8 Å². The quantitative estimate of drug-likeness (QED) is 0.415. The lowest BCUT2D eigenvalue weighted by atomic mass is 10.1. The molecule has 2 heterocycles. The first-order valence-corrected chi connectivity index (χ1v) is 8.87. The van der Waals surface area contributed by atoms with Crippen LogP contribution in [0.3, 0.4) is 0 Å². The first kappa shape index (κ1) is 18.1. The predicted octanol–water partition coefficient (Wildman–Crippen LogP) is 3.19. The summed E-state index contributed by atoms with van der Waals surface area (Å²) in [5.74, 6) is 1.41. The molecule has 142 valence electrons. The molecule has 1 atom stereocenters. The summed E-state index contributed by atoms with van der Waals surface area (Å²) in [7, 11) is 1.59. The number of hydrogen-bond acceptors (Lipinski definition) is 6. The number of hydrazone groups is 1. The largest absolute Gasteiger partial charge is 0.497 e. The summed E-state index contributed by atoms with van der Waals surface area (Å²) in [6.45, 7) is 0.110. The number of carbonyl (C=O) groups is 1. The summed E-state index contributed by atoms with van der Waals surface area (Å²) in [6, 6.07) is 14.5. The van der Waals surface area contributed by atoms with Crippen molar-refractivity contribution in [2.75, 3.05) is 13.7 Å². The molecule has 0 radical (unpaired) electrons. The molecule has 1 N–H and O–H groups in total. The Hall–Kier alpha value is -3.32. The molecule has 7 nitrogen and oxygen atoms in total. The third-order valence-corrected chi connectivity index (χ3v) is 4.49. The van der Waals surface area contributed by atoms with Gasteiger partial charge in [-0.2, -0.15) is 5.10 Å². The van der Waals surface area contributed by atoms with Crippen LogP contribution in [0.4, 0.5) is 0 Å². The first-order valence-electron chi connectivity index (χ1n) is 8.50. The molecule has 3 aromatic rings. The smallest absolute Gasteiger partial charge is 0.284 e. The van der Waals surface area contributed by atoms with Gasteiger partial charge in [0.1, 0.15) is 17.5 Å². The Bertz CT molecular complexity index is 1070. The van der Waals surface area contributed by atoms with Crippen LogP contribution in [0, 0.1) is 0 Å². The van der Waals surface area contributed by atoms with Crippen LogP contribution >= 0.6 is 11.6 Å². The molecular formula is C20H16ClN3O4. The Morgan fingerprint density at radius 3 is 2.93 bits per heavy atom. The number of nitrogens with one attached hydrogen (secondary N) is 1. The molecule has 4 rings (SSSR count). The molecule has 0 bridgehead atoms. The number of methoxy groups -OCH3 is 1. The second-order valence-electron chi connectivity index (χ2n) is 6.03. The highest BCUT2D eigenvalue weighted by Gasteiger charge is 2.27. The van der Waals surface area contributed by atoms with Gasteiger partial charge in [0.2, 0.25) is 6.10 Å². The topological polar surface area (TPSA) is 82.0 Å². The molecule has 0 saturated heterocycles. The van der Waals surface area contributed by atoms with Crippen molar-refractivity contribution in [3.8, 4) is 17.2 Å². The second kappa shape index (κ2) is 7.74. The van der Waals surface area contributed by atoms with Gasteiger partial charge in [-0.1, -0.05) is 23.7 Å². The van der Waals surface area contributed by atoms with Crippen LogP contribution in [0.5, 0.6) is 17.2 Å². The summed E-state index contributed by atoms with van der Waals surface area (Å²) < 4.78 is 16.4. The van der Waals surface area contributed by atoms with Gasteiger partial charge >= 0.3 is 0 Å². The van der Waals surface area contributed by atoms with Gasteiger partial charge in [0.25, 0.3) is 5.91 Å². The summed E-state index contributed by atoms with van der Waals surface area (Å²) in [6.07, 6.45) is 0.652. The van der Waals surface area contributed by atoms with Crippen LogP contribution in [0.1, 0.15) is 5.56 Å². The van der Waals surface area contributed by atoms with Crippen molar-refractivity contribution in [3.63, 3.8) is 0 Å². The number of para-hydroxylation sites is 2. The molecule has 0 spiro atoms. The lowest BCUT2D eigenvalue weighted by molar-refractivity contribution is -0.130. The van der Waals surface area contributed by atoms with Gasteiger partial charge in [0.05, 0.1) is 18.8 Å². The number of rotatable bonds is 4. The highest BCUT2D eigenvalue weighted by Crippen LogP contribution is 2.30. The summed E-state index contributed by atoms with van der Waals surface area (Å²) in [4.78, 5) is 16.6. The fourth-order valence-electron chi connectivity index (χ4n) is 2.74. The van der Waals surface area contributed by atoms with Gasteiger partial charge < -0.3 is 14.2 Å². The van der Waals surface area contributed by atoms with Crippen molar-refractivity contribution in [3.05, 3.63) is 59.2 Å². The number of amides is 1. The maximum Gasteiger partial charge on any atom is 0.284 e. The van der Waals surface area contributed by atoms with E-state index in [1.165, 1.54) is 6.21 Å². The van der Waals surface area contributed by atoms with Crippen LogP contribution in [0.2, 0.25) is 5.15 Å². The van der Waals surface area contributed by atoms with E-state index < -0.39 is 12.0 Å². The van der Waals surface area contributed by atoms with Crippen molar-refractivity contribution in [1.29, 1.82) is 0 Å². The predicted molar refractivity (Wildman–Crippen MR) is 105 cm³/mol. The molecule has 1 aliphatic heterocycles. The molecule has 1 unspecified atom stereocenters. The van der Waals surface area contributed by atoms with E-state index in [2.05, 4.69) is 15.5 Å².